The Bertz CT molecular complexity index is 500. The molecule has 4 heteroatoms. The Balaban J connectivity index is 2.08. The fourth-order valence-electron chi connectivity index (χ4n) is 2.54. The van der Waals surface area contributed by atoms with E-state index in [0.717, 1.165) is 15.9 Å². The minimum Gasteiger partial charge on any atom is -0.223 e. The van der Waals surface area contributed by atoms with Crippen molar-refractivity contribution in [3.63, 3.8) is 0 Å². The van der Waals surface area contributed by atoms with Crippen LogP contribution in [0.25, 0.3) is 5.52 Å². The van der Waals surface area contributed by atoms with Crippen LogP contribution in [0.4, 0.5) is 0 Å². The van der Waals surface area contributed by atoms with Gasteiger partial charge in [-0.15, -0.1) is 0 Å². The van der Waals surface area contributed by atoms with Crippen LogP contribution < -0.4 is 0 Å². The average molecular weight is 280 g/mol. The summed E-state index contributed by atoms with van der Waals surface area (Å²) in [5.74, 6) is 1.71. The number of aromatic nitrogens is 3. The van der Waals surface area contributed by atoms with Crippen LogP contribution in [0.5, 0.6) is 0 Å². The topological polar surface area (TPSA) is 30.2 Å². The Morgan fingerprint density at radius 3 is 2.88 bits per heavy atom. The smallest absolute Gasteiger partial charge is 0.135 e. The minimum absolute atomic E-state index is 0.586. The summed E-state index contributed by atoms with van der Waals surface area (Å²) in [7, 11) is 0. The number of rotatable bonds is 1. The summed E-state index contributed by atoms with van der Waals surface area (Å²) in [6, 6.07) is 4.00. The maximum absolute atomic E-state index is 4.63. The molecule has 0 atom stereocenters. The summed E-state index contributed by atoms with van der Waals surface area (Å²) in [4.78, 5) is 4.63. The van der Waals surface area contributed by atoms with E-state index in [1.165, 1.54) is 32.1 Å². The standard InChI is InChI=1S/C12H14BrN3/c13-11-10-7-4-8-14-16(10)12(15-11)9-5-2-1-3-6-9/h4,7-9H,1-3,5-6H2. The molecule has 1 aliphatic carbocycles. The molecule has 0 radical (unpaired) electrons. The Hall–Kier alpha value is -0.900. The molecule has 2 heterocycles. The highest BCUT2D eigenvalue weighted by molar-refractivity contribution is 9.10. The number of fused-ring (bicyclic) bond motifs is 1. The highest BCUT2D eigenvalue weighted by Gasteiger charge is 2.21. The van der Waals surface area contributed by atoms with Gasteiger partial charge in [0.2, 0.25) is 0 Å². The Labute approximate surface area is 103 Å². The molecule has 0 aromatic carbocycles. The first-order valence-corrected chi connectivity index (χ1v) is 6.65. The summed E-state index contributed by atoms with van der Waals surface area (Å²) in [5, 5.41) is 4.40. The second-order valence-electron chi connectivity index (χ2n) is 4.42. The van der Waals surface area contributed by atoms with Gasteiger partial charge >= 0.3 is 0 Å². The van der Waals surface area contributed by atoms with Crippen molar-refractivity contribution < 1.29 is 0 Å². The van der Waals surface area contributed by atoms with Crippen molar-refractivity contribution in [1.29, 1.82) is 0 Å². The molecule has 84 valence electrons. The molecule has 1 fully saturated rings. The monoisotopic (exact) mass is 279 g/mol. The molecule has 3 rings (SSSR count). The molecule has 0 N–H and O–H groups in total. The zero-order valence-corrected chi connectivity index (χ0v) is 10.7. The van der Waals surface area contributed by atoms with Crippen molar-refractivity contribution in [2.24, 2.45) is 0 Å². The molecule has 0 aliphatic heterocycles. The first kappa shape index (κ1) is 10.3. The van der Waals surface area contributed by atoms with Crippen LogP contribution >= 0.6 is 15.9 Å². The van der Waals surface area contributed by atoms with Gasteiger partial charge in [-0.2, -0.15) is 5.10 Å². The highest BCUT2D eigenvalue weighted by atomic mass is 79.9. The van der Waals surface area contributed by atoms with Gasteiger partial charge in [-0.25, -0.2) is 9.50 Å². The van der Waals surface area contributed by atoms with Gasteiger partial charge in [0.1, 0.15) is 10.4 Å². The maximum atomic E-state index is 4.63. The van der Waals surface area contributed by atoms with Gasteiger partial charge in [-0.3, -0.25) is 0 Å². The lowest BCUT2D eigenvalue weighted by molar-refractivity contribution is 0.424. The average Bonchev–Trinajstić information content (AvgIpc) is 2.69. The lowest BCUT2D eigenvalue weighted by Gasteiger charge is -2.19. The normalized spacial score (nSPS) is 18.1. The second-order valence-corrected chi connectivity index (χ2v) is 5.17. The summed E-state index contributed by atoms with van der Waals surface area (Å²) < 4.78 is 2.90. The van der Waals surface area contributed by atoms with E-state index in [-0.39, 0.29) is 0 Å². The van der Waals surface area contributed by atoms with E-state index < -0.39 is 0 Å². The van der Waals surface area contributed by atoms with E-state index in [1.807, 2.05) is 16.8 Å². The van der Waals surface area contributed by atoms with Gasteiger partial charge < -0.3 is 0 Å². The van der Waals surface area contributed by atoms with Gasteiger partial charge in [0, 0.05) is 12.1 Å². The highest BCUT2D eigenvalue weighted by Crippen LogP contribution is 2.33. The van der Waals surface area contributed by atoms with E-state index in [0.29, 0.717) is 5.92 Å². The molecule has 16 heavy (non-hydrogen) atoms. The third kappa shape index (κ3) is 1.65. The number of hydrogen-bond acceptors (Lipinski definition) is 2. The fourth-order valence-corrected chi connectivity index (χ4v) is 3.02. The van der Waals surface area contributed by atoms with Gasteiger partial charge in [0.15, 0.2) is 0 Å². The number of nitrogens with zero attached hydrogens (tertiary/aromatic N) is 3. The van der Waals surface area contributed by atoms with E-state index in [4.69, 9.17) is 0 Å². The predicted molar refractivity (Wildman–Crippen MR) is 66.5 cm³/mol. The molecule has 0 spiro atoms. The van der Waals surface area contributed by atoms with Crippen LogP contribution in [-0.4, -0.2) is 14.6 Å². The molecule has 0 amide bonds. The fraction of sp³-hybridized carbons (Fsp3) is 0.500. The molecule has 0 saturated heterocycles. The largest absolute Gasteiger partial charge is 0.223 e. The molecular formula is C12H14BrN3. The van der Waals surface area contributed by atoms with Crippen LogP contribution in [0, 0.1) is 0 Å². The van der Waals surface area contributed by atoms with Crippen molar-refractivity contribution in [2.45, 2.75) is 38.0 Å². The van der Waals surface area contributed by atoms with Crippen LogP contribution in [0.3, 0.4) is 0 Å². The molecule has 2 aromatic rings. The van der Waals surface area contributed by atoms with Crippen molar-refractivity contribution in [3.05, 3.63) is 28.8 Å². The van der Waals surface area contributed by atoms with E-state index in [9.17, 15) is 0 Å². The van der Waals surface area contributed by atoms with Crippen molar-refractivity contribution in [1.82, 2.24) is 14.6 Å². The molecule has 3 nitrogen and oxygen atoms in total. The predicted octanol–water partition coefficient (Wildman–Crippen LogP) is 3.54. The lowest BCUT2D eigenvalue weighted by Crippen LogP contribution is -2.09. The molecule has 2 aromatic heterocycles. The SMILES string of the molecule is Brc1nc(C2CCCCC2)n2ncccc12. The number of imidazole rings is 1. The van der Waals surface area contributed by atoms with Gasteiger partial charge in [-0.05, 0) is 40.9 Å². The summed E-state index contributed by atoms with van der Waals surface area (Å²) in [5.41, 5.74) is 1.07. The quantitative estimate of drug-likeness (QED) is 0.799. The van der Waals surface area contributed by atoms with Gasteiger partial charge in [0.25, 0.3) is 0 Å². The number of hydrogen-bond donors (Lipinski definition) is 0. The van der Waals surface area contributed by atoms with Crippen LogP contribution in [0.15, 0.2) is 22.9 Å². The van der Waals surface area contributed by atoms with Crippen LogP contribution in [0.2, 0.25) is 0 Å². The number of halogens is 1. The van der Waals surface area contributed by atoms with Crippen LogP contribution in [-0.2, 0) is 0 Å². The third-order valence-electron chi connectivity index (χ3n) is 3.36. The minimum atomic E-state index is 0.586. The molecule has 1 aliphatic rings. The Kier molecular flexibility index (Phi) is 2.67. The molecule has 1 saturated carbocycles. The van der Waals surface area contributed by atoms with Gasteiger partial charge in [-0.1, -0.05) is 19.3 Å². The van der Waals surface area contributed by atoms with Crippen molar-refractivity contribution >= 4 is 21.4 Å². The van der Waals surface area contributed by atoms with E-state index in [2.05, 4.69) is 32.1 Å². The second kappa shape index (κ2) is 4.17. The first-order chi connectivity index (χ1) is 7.86. The Morgan fingerprint density at radius 1 is 1.25 bits per heavy atom. The molecule has 0 bridgehead atoms. The van der Waals surface area contributed by atoms with Crippen molar-refractivity contribution in [3.8, 4) is 0 Å². The maximum Gasteiger partial charge on any atom is 0.135 e. The van der Waals surface area contributed by atoms with Crippen molar-refractivity contribution in [2.75, 3.05) is 0 Å². The summed E-state index contributed by atoms with van der Waals surface area (Å²) in [6.45, 7) is 0. The summed E-state index contributed by atoms with van der Waals surface area (Å²) in [6.07, 6.45) is 8.35. The van der Waals surface area contributed by atoms with Gasteiger partial charge in [0.05, 0.1) is 5.52 Å². The third-order valence-corrected chi connectivity index (χ3v) is 3.95. The zero-order valence-electron chi connectivity index (χ0n) is 9.06. The van der Waals surface area contributed by atoms with Crippen LogP contribution in [0.1, 0.15) is 43.8 Å². The van der Waals surface area contributed by atoms with E-state index >= 15 is 0 Å². The van der Waals surface area contributed by atoms with E-state index in [1.54, 1.807) is 0 Å². The first-order valence-electron chi connectivity index (χ1n) is 5.85. The Morgan fingerprint density at radius 2 is 2.06 bits per heavy atom. The lowest BCUT2D eigenvalue weighted by atomic mass is 9.89. The summed E-state index contributed by atoms with van der Waals surface area (Å²) >= 11 is 3.51. The zero-order chi connectivity index (χ0) is 11.0. The molecule has 0 unspecified atom stereocenters. The molecular weight excluding hydrogens is 266 g/mol.